The number of benzene rings is 1. The van der Waals surface area contributed by atoms with Crippen molar-refractivity contribution in [2.75, 3.05) is 6.61 Å². The number of ether oxygens (including phenoxy) is 1. The topological polar surface area (TPSA) is 102 Å². The average molecular weight is 467 g/mol. The van der Waals surface area contributed by atoms with Gasteiger partial charge in [-0.15, -0.1) is 0 Å². The summed E-state index contributed by atoms with van der Waals surface area (Å²) in [4.78, 5) is 29.9. The first-order valence-corrected chi connectivity index (χ1v) is 11.6. The number of esters is 1. The molecule has 1 aromatic carbocycles. The van der Waals surface area contributed by atoms with E-state index >= 15 is 0 Å². The SMILES string of the molecule is CC.Cc1c(F)cc2nc3c(c4c2c1CCC4(C)CO)Cn1c-3cc2c(c1=O)COC(=O)C2O. The van der Waals surface area contributed by atoms with Gasteiger partial charge in [0, 0.05) is 28.0 Å². The van der Waals surface area contributed by atoms with Crippen LogP contribution in [-0.2, 0) is 34.5 Å². The Labute approximate surface area is 195 Å². The van der Waals surface area contributed by atoms with Crippen LogP contribution in [0.15, 0.2) is 16.9 Å². The molecule has 0 saturated carbocycles. The molecule has 1 aliphatic carbocycles. The second-order valence-electron chi connectivity index (χ2n) is 9.25. The predicted octanol–water partition coefficient (Wildman–Crippen LogP) is 3.19. The Morgan fingerprint density at radius 2 is 1.97 bits per heavy atom. The lowest BCUT2D eigenvalue weighted by molar-refractivity contribution is -0.157. The van der Waals surface area contributed by atoms with Crippen molar-refractivity contribution < 1.29 is 24.1 Å². The fourth-order valence-corrected chi connectivity index (χ4v) is 5.60. The monoisotopic (exact) mass is 466 g/mol. The summed E-state index contributed by atoms with van der Waals surface area (Å²) < 4.78 is 21.2. The number of rotatable bonds is 1. The van der Waals surface area contributed by atoms with E-state index in [1.54, 1.807) is 17.6 Å². The number of carbonyl (C=O) groups excluding carboxylic acids is 1. The van der Waals surface area contributed by atoms with Gasteiger partial charge in [-0.25, -0.2) is 14.2 Å². The second-order valence-corrected chi connectivity index (χ2v) is 9.25. The maximum absolute atomic E-state index is 14.7. The zero-order valence-electron chi connectivity index (χ0n) is 19.7. The third kappa shape index (κ3) is 2.85. The molecule has 178 valence electrons. The Morgan fingerprint density at radius 1 is 1.24 bits per heavy atom. The van der Waals surface area contributed by atoms with Gasteiger partial charge in [0.15, 0.2) is 6.10 Å². The van der Waals surface area contributed by atoms with E-state index in [-0.39, 0.29) is 42.3 Å². The van der Waals surface area contributed by atoms with E-state index in [2.05, 4.69) is 0 Å². The number of hydrogen-bond donors (Lipinski definition) is 2. The van der Waals surface area contributed by atoms with E-state index in [9.17, 15) is 24.2 Å². The molecule has 3 aliphatic rings. The molecule has 2 N–H and O–H groups in total. The molecule has 6 rings (SSSR count). The van der Waals surface area contributed by atoms with Gasteiger partial charge in [-0.1, -0.05) is 20.8 Å². The fourth-order valence-electron chi connectivity index (χ4n) is 5.60. The van der Waals surface area contributed by atoms with Crippen molar-refractivity contribution in [2.24, 2.45) is 0 Å². The van der Waals surface area contributed by atoms with Gasteiger partial charge in [-0.3, -0.25) is 4.79 Å². The molecule has 7 nitrogen and oxygen atoms in total. The summed E-state index contributed by atoms with van der Waals surface area (Å²) in [5.74, 6) is -1.13. The molecule has 0 amide bonds. The van der Waals surface area contributed by atoms with E-state index in [4.69, 9.17) is 9.72 Å². The highest BCUT2D eigenvalue weighted by Crippen LogP contribution is 2.48. The van der Waals surface area contributed by atoms with Crippen LogP contribution in [0.5, 0.6) is 0 Å². The number of pyridine rings is 2. The number of nitrogens with zero attached hydrogens (tertiary/aromatic N) is 2. The molecule has 2 unspecified atom stereocenters. The molecule has 34 heavy (non-hydrogen) atoms. The molecule has 2 aliphatic heterocycles. The number of carbonyl (C=O) groups is 1. The van der Waals surface area contributed by atoms with Crippen molar-refractivity contribution in [3.8, 4) is 11.4 Å². The molecular weight excluding hydrogens is 439 g/mol. The Kier molecular flexibility index (Phi) is 5.15. The average Bonchev–Trinajstić information content (AvgIpc) is 3.20. The Balaban J connectivity index is 0.00000117. The lowest BCUT2D eigenvalue weighted by atomic mass is 9.69. The number of cyclic esters (lactones) is 1. The van der Waals surface area contributed by atoms with Crippen molar-refractivity contribution in [3.63, 3.8) is 0 Å². The van der Waals surface area contributed by atoms with Crippen molar-refractivity contribution in [3.05, 3.63) is 61.7 Å². The first kappa shape index (κ1) is 22.7. The zero-order valence-corrected chi connectivity index (χ0v) is 19.7. The minimum Gasteiger partial charge on any atom is -0.458 e. The maximum Gasteiger partial charge on any atom is 0.340 e. The molecule has 8 heteroatoms. The molecule has 0 bridgehead atoms. The highest BCUT2D eigenvalue weighted by Gasteiger charge is 2.41. The lowest BCUT2D eigenvalue weighted by Gasteiger charge is -2.36. The van der Waals surface area contributed by atoms with Crippen molar-refractivity contribution in [2.45, 2.75) is 65.2 Å². The van der Waals surface area contributed by atoms with E-state index in [0.717, 1.165) is 22.1 Å². The largest absolute Gasteiger partial charge is 0.458 e. The number of aryl methyl sites for hydroxylation is 1. The third-order valence-corrected chi connectivity index (χ3v) is 7.45. The molecular formula is C26H27FN2O5. The lowest BCUT2D eigenvalue weighted by Crippen LogP contribution is -2.33. The van der Waals surface area contributed by atoms with E-state index in [1.165, 1.54) is 6.07 Å². The molecule has 0 fully saturated rings. The highest BCUT2D eigenvalue weighted by atomic mass is 19.1. The molecule has 3 aromatic rings. The number of aliphatic hydroxyl groups is 2. The minimum absolute atomic E-state index is 0.0861. The van der Waals surface area contributed by atoms with Gasteiger partial charge in [0.05, 0.1) is 35.6 Å². The Morgan fingerprint density at radius 3 is 2.68 bits per heavy atom. The van der Waals surface area contributed by atoms with Crippen molar-refractivity contribution >= 4 is 16.9 Å². The van der Waals surface area contributed by atoms with E-state index in [0.29, 0.717) is 35.3 Å². The molecule has 2 atom stereocenters. The Bertz CT molecular complexity index is 1440. The van der Waals surface area contributed by atoms with Gasteiger partial charge in [-0.2, -0.15) is 0 Å². The van der Waals surface area contributed by atoms with Crippen LogP contribution < -0.4 is 5.56 Å². The smallest absolute Gasteiger partial charge is 0.340 e. The summed E-state index contributed by atoms with van der Waals surface area (Å²) in [6, 6.07) is 3.02. The highest BCUT2D eigenvalue weighted by molar-refractivity contribution is 5.93. The van der Waals surface area contributed by atoms with Gasteiger partial charge < -0.3 is 19.5 Å². The molecule has 0 radical (unpaired) electrons. The molecule has 4 heterocycles. The number of fused-ring (bicyclic) bond motifs is 5. The standard InChI is InChI=1S/C24H21FN2O5.C2H6/c1-10-11-3-4-24(2,9-28)19-13-7-27-17(20(13)26-16(18(11)19)6-15(10)25)5-12-14(22(27)30)8-32-23(31)21(12)29;1-2/h5-6,21,28-29H,3-4,7-9H2,1-2H3;1-2H3. The van der Waals surface area contributed by atoms with Crippen LogP contribution in [0.4, 0.5) is 4.39 Å². The quantitative estimate of drug-likeness (QED) is 0.418. The summed E-state index contributed by atoms with van der Waals surface area (Å²) in [6.45, 7) is 7.72. The number of hydrogen-bond acceptors (Lipinski definition) is 6. The first-order chi connectivity index (χ1) is 16.2. The van der Waals surface area contributed by atoms with Crippen LogP contribution in [0.3, 0.4) is 0 Å². The maximum atomic E-state index is 14.7. The van der Waals surface area contributed by atoms with Gasteiger partial charge in [-0.05, 0) is 42.5 Å². The third-order valence-electron chi connectivity index (χ3n) is 7.45. The first-order valence-electron chi connectivity index (χ1n) is 11.6. The van der Waals surface area contributed by atoms with Crippen molar-refractivity contribution in [1.82, 2.24) is 9.55 Å². The van der Waals surface area contributed by atoms with Crippen LogP contribution in [0.2, 0.25) is 0 Å². The van der Waals surface area contributed by atoms with E-state index < -0.39 is 17.5 Å². The van der Waals surface area contributed by atoms with Crippen LogP contribution in [-0.4, -0.2) is 32.3 Å². The van der Waals surface area contributed by atoms with Crippen LogP contribution in [0, 0.1) is 12.7 Å². The minimum atomic E-state index is -1.53. The summed E-state index contributed by atoms with van der Waals surface area (Å²) in [6.07, 6.45) is -0.248. The summed E-state index contributed by atoms with van der Waals surface area (Å²) in [5.41, 5.74) is 4.25. The summed E-state index contributed by atoms with van der Waals surface area (Å²) >= 11 is 0. The fraction of sp³-hybridized carbons (Fsp3) is 0.423. The van der Waals surface area contributed by atoms with Crippen LogP contribution in [0.25, 0.3) is 22.3 Å². The predicted molar refractivity (Wildman–Crippen MR) is 124 cm³/mol. The number of aliphatic hydroxyl groups excluding tert-OH is 2. The Hall–Kier alpha value is -3.10. The summed E-state index contributed by atoms with van der Waals surface area (Å²) in [7, 11) is 0. The van der Waals surface area contributed by atoms with Gasteiger partial charge in [0.1, 0.15) is 12.4 Å². The van der Waals surface area contributed by atoms with Gasteiger partial charge >= 0.3 is 5.97 Å². The molecule has 0 spiro atoms. The molecule has 2 aromatic heterocycles. The van der Waals surface area contributed by atoms with Crippen LogP contribution in [0.1, 0.15) is 66.7 Å². The normalized spacial score (nSPS) is 21.9. The summed E-state index contributed by atoms with van der Waals surface area (Å²) in [5, 5.41) is 21.5. The van der Waals surface area contributed by atoms with Crippen molar-refractivity contribution in [1.29, 1.82) is 0 Å². The van der Waals surface area contributed by atoms with Gasteiger partial charge in [0.25, 0.3) is 5.56 Å². The van der Waals surface area contributed by atoms with Crippen LogP contribution >= 0.6 is 0 Å². The van der Waals surface area contributed by atoms with E-state index in [1.807, 2.05) is 20.8 Å². The zero-order chi connectivity index (χ0) is 24.5. The molecule has 0 saturated heterocycles. The van der Waals surface area contributed by atoms with Gasteiger partial charge in [0.2, 0.25) is 0 Å². The number of halogens is 1. The second kappa shape index (κ2) is 7.71. The number of aromatic nitrogens is 2.